The van der Waals surface area contributed by atoms with E-state index in [2.05, 4.69) is 5.32 Å². The number of aryl methyl sites for hydroxylation is 1. The molecule has 0 aromatic heterocycles. The quantitative estimate of drug-likeness (QED) is 0.834. The molecule has 0 spiro atoms. The standard InChI is InChI=1S/C21H26N2O4S/c1-16-9-10-18(15-19(16)28(25,26)23-11-13-27-14-12-23)22-20(24)21(2,3)17-7-5-4-6-8-17/h4-10,15H,11-14H2,1-3H3,(H,22,24). The number of sulfonamides is 1. The van der Waals surface area contributed by atoms with Crippen molar-refractivity contribution in [1.82, 2.24) is 4.31 Å². The number of hydrogen-bond donors (Lipinski definition) is 1. The molecule has 6 nitrogen and oxygen atoms in total. The van der Waals surface area contributed by atoms with Crippen molar-refractivity contribution in [2.75, 3.05) is 31.6 Å². The van der Waals surface area contributed by atoms with Gasteiger partial charge in [0.05, 0.1) is 23.5 Å². The average molecular weight is 403 g/mol. The number of rotatable bonds is 5. The molecule has 0 atom stereocenters. The van der Waals surface area contributed by atoms with Crippen LogP contribution < -0.4 is 5.32 Å². The maximum atomic E-state index is 13.0. The fourth-order valence-corrected chi connectivity index (χ4v) is 4.81. The average Bonchev–Trinajstić information content (AvgIpc) is 2.70. The largest absolute Gasteiger partial charge is 0.379 e. The fourth-order valence-electron chi connectivity index (χ4n) is 3.16. The van der Waals surface area contributed by atoms with E-state index >= 15 is 0 Å². The molecule has 2 aromatic carbocycles. The lowest BCUT2D eigenvalue weighted by Crippen LogP contribution is -2.40. The summed E-state index contributed by atoms with van der Waals surface area (Å²) in [6.07, 6.45) is 0. The molecule has 1 amide bonds. The lowest BCUT2D eigenvalue weighted by Gasteiger charge is -2.27. The predicted octanol–water partition coefficient (Wildman–Crippen LogP) is 2.93. The summed E-state index contributed by atoms with van der Waals surface area (Å²) in [5.74, 6) is -0.197. The van der Waals surface area contributed by atoms with Gasteiger partial charge in [-0.15, -0.1) is 0 Å². The van der Waals surface area contributed by atoms with Crippen LogP contribution >= 0.6 is 0 Å². The Morgan fingerprint density at radius 1 is 1.07 bits per heavy atom. The summed E-state index contributed by atoms with van der Waals surface area (Å²) < 4.78 is 32.7. The van der Waals surface area contributed by atoms with Gasteiger partial charge in [-0.1, -0.05) is 36.4 Å². The second-order valence-electron chi connectivity index (χ2n) is 7.44. The van der Waals surface area contributed by atoms with Crippen LogP contribution in [0, 0.1) is 6.92 Å². The summed E-state index contributed by atoms with van der Waals surface area (Å²) in [6, 6.07) is 14.5. The number of amides is 1. The third-order valence-electron chi connectivity index (χ3n) is 5.10. The van der Waals surface area contributed by atoms with Crippen molar-refractivity contribution < 1.29 is 17.9 Å². The van der Waals surface area contributed by atoms with Gasteiger partial charge in [-0.05, 0) is 44.0 Å². The Morgan fingerprint density at radius 3 is 2.36 bits per heavy atom. The molecule has 1 N–H and O–H groups in total. The number of ether oxygens (including phenoxy) is 1. The van der Waals surface area contributed by atoms with Crippen LogP contribution in [0.2, 0.25) is 0 Å². The summed E-state index contributed by atoms with van der Waals surface area (Å²) in [5, 5.41) is 2.88. The van der Waals surface area contributed by atoms with Gasteiger partial charge in [0.25, 0.3) is 0 Å². The number of carbonyl (C=O) groups excluding carboxylic acids is 1. The maximum Gasteiger partial charge on any atom is 0.243 e. The van der Waals surface area contributed by atoms with Crippen LogP contribution in [0.15, 0.2) is 53.4 Å². The van der Waals surface area contributed by atoms with E-state index in [1.54, 1.807) is 25.1 Å². The molecule has 1 aliphatic heterocycles. The molecule has 7 heteroatoms. The van der Waals surface area contributed by atoms with Gasteiger partial charge < -0.3 is 10.1 Å². The summed E-state index contributed by atoms with van der Waals surface area (Å²) in [7, 11) is -3.64. The van der Waals surface area contributed by atoms with Gasteiger partial charge in [-0.25, -0.2) is 8.42 Å². The Hall–Kier alpha value is -2.22. The van der Waals surface area contributed by atoms with Gasteiger partial charge in [0.2, 0.25) is 15.9 Å². The van der Waals surface area contributed by atoms with Gasteiger partial charge >= 0.3 is 0 Å². The van der Waals surface area contributed by atoms with E-state index in [9.17, 15) is 13.2 Å². The minimum absolute atomic E-state index is 0.197. The molecule has 0 bridgehead atoms. The molecule has 2 aromatic rings. The molecule has 0 radical (unpaired) electrons. The molecular weight excluding hydrogens is 376 g/mol. The predicted molar refractivity (Wildman–Crippen MR) is 109 cm³/mol. The number of hydrogen-bond acceptors (Lipinski definition) is 4. The number of benzene rings is 2. The zero-order valence-corrected chi connectivity index (χ0v) is 17.3. The molecule has 28 heavy (non-hydrogen) atoms. The lowest BCUT2D eigenvalue weighted by atomic mass is 9.83. The summed E-state index contributed by atoms with van der Waals surface area (Å²) in [4.78, 5) is 13.1. The highest BCUT2D eigenvalue weighted by Gasteiger charge is 2.31. The van der Waals surface area contributed by atoms with Crippen molar-refractivity contribution in [3.05, 3.63) is 59.7 Å². The third-order valence-corrected chi connectivity index (χ3v) is 7.14. The van der Waals surface area contributed by atoms with Crippen LogP contribution in [0.4, 0.5) is 5.69 Å². The molecule has 150 valence electrons. The van der Waals surface area contributed by atoms with E-state index in [0.717, 1.165) is 5.56 Å². The van der Waals surface area contributed by atoms with Crippen molar-refractivity contribution in [3.63, 3.8) is 0 Å². The second kappa shape index (κ2) is 8.03. The first-order valence-corrected chi connectivity index (χ1v) is 10.7. The minimum atomic E-state index is -3.64. The van der Waals surface area contributed by atoms with Crippen LogP contribution in [-0.4, -0.2) is 44.9 Å². The van der Waals surface area contributed by atoms with Gasteiger partial charge in [0, 0.05) is 18.8 Å². The molecule has 0 aliphatic carbocycles. The maximum absolute atomic E-state index is 13.0. The Kier molecular flexibility index (Phi) is 5.88. The second-order valence-corrected chi connectivity index (χ2v) is 9.35. The number of nitrogens with one attached hydrogen (secondary N) is 1. The van der Waals surface area contributed by atoms with Gasteiger partial charge in [-0.2, -0.15) is 4.31 Å². The Balaban J connectivity index is 1.86. The van der Waals surface area contributed by atoms with Gasteiger partial charge in [-0.3, -0.25) is 4.79 Å². The van der Waals surface area contributed by atoms with Crippen molar-refractivity contribution in [2.24, 2.45) is 0 Å². The number of carbonyl (C=O) groups is 1. The van der Waals surface area contributed by atoms with E-state index in [4.69, 9.17) is 4.74 Å². The fraction of sp³-hybridized carbons (Fsp3) is 0.381. The molecule has 0 saturated carbocycles. The van der Waals surface area contributed by atoms with Crippen molar-refractivity contribution in [3.8, 4) is 0 Å². The Bertz CT molecular complexity index is 950. The Labute approximate surface area is 166 Å². The van der Waals surface area contributed by atoms with Crippen molar-refractivity contribution in [2.45, 2.75) is 31.1 Å². The first kappa shape index (κ1) is 20.5. The van der Waals surface area contributed by atoms with E-state index in [-0.39, 0.29) is 10.8 Å². The summed E-state index contributed by atoms with van der Waals surface area (Å²) in [6.45, 7) is 6.89. The van der Waals surface area contributed by atoms with E-state index < -0.39 is 15.4 Å². The lowest BCUT2D eigenvalue weighted by molar-refractivity contribution is -0.120. The van der Waals surface area contributed by atoms with Crippen molar-refractivity contribution in [1.29, 1.82) is 0 Å². The highest BCUT2D eigenvalue weighted by molar-refractivity contribution is 7.89. The molecule has 3 rings (SSSR count). The molecule has 0 unspecified atom stereocenters. The Morgan fingerprint density at radius 2 is 1.71 bits per heavy atom. The molecule has 1 fully saturated rings. The van der Waals surface area contributed by atoms with Gasteiger partial charge in [0.15, 0.2) is 0 Å². The summed E-state index contributed by atoms with van der Waals surface area (Å²) in [5.41, 5.74) is 1.24. The SMILES string of the molecule is Cc1ccc(NC(=O)C(C)(C)c2ccccc2)cc1S(=O)(=O)N1CCOCC1. The van der Waals surface area contributed by atoms with E-state index in [1.165, 1.54) is 4.31 Å². The van der Waals surface area contributed by atoms with Gasteiger partial charge in [0.1, 0.15) is 0 Å². The van der Waals surface area contributed by atoms with Crippen LogP contribution in [0.25, 0.3) is 0 Å². The molecular formula is C21H26N2O4S. The highest BCUT2D eigenvalue weighted by Crippen LogP contribution is 2.28. The molecule has 1 aliphatic rings. The van der Waals surface area contributed by atoms with Crippen LogP contribution in [0.3, 0.4) is 0 Å². The topological polar surface area (TPSA) is 75.7 Å². The first-order valence-electron chi connectivity index (χ1n) is 9.28. The molecule has 1 heterocycles. The van der Waals surface area contributed by atoms with Crippen LogP contribution in [0.1, 0.15) is 25.0 Å². The number of morpholine rings is 1. The van der Waals surface area contributed by atoms with E-state index in [0.29, 0.717) is 37.6 Å². The molecule has 1 saturated heterocycles. The normalized spacial score (nSPS) is 16.0. The zero-order valence-electron chi connectivity index (χ0n) is 16.4. The smallest absolute Gasteiger partial charge is 0.243 e. The van der Waals surface area contributed by atoms with E-state index in [1.807, 2.05) is 44.2 Å². The zero-order chi connectivity index (χ0) is 20.4. The first-order chi connectivity index (χ1) is 13.2. The third kappa shape index (κ3) is 4.11. The van der Waals surface area contributed by atoms with Crippen LogP contribution in [-0.2, 0) is 25.0 Å². The minimum Gasteiger partial charge on any atom is -0.379 e. The number of anilines is 1. The summed E-state index contributed by atoms with van der Waals surface area (Å²) >= 11 is 0. The monoisotopic (exact) mass is 402 g/mol. The van der Waals surface area contributed by atoms with Crippen LogP contribution in [0.5, 0.6) is 0 Å². The highest BCUT2D eigenvalue weighted by atomic mass is 32.2. The van der Waals surface area contributed by atoms with Crippen molar-refractivity contribution >= 4 is 21.6 Å². The number of nitrogens with zero attached hydrogens (tertiary/aromatic N) is 1.